The van der Waals surface area contributed by atoms with Gasteiger partial charge in [-0.15, -0.1) is 0 Å². The van der Waals surface area contributed by atoms with Crippen LogP contribution in [0.2, 0.25) is 0 Å². The minimum Gasteiger partial charge on any atom is -0.451 e. The molecule has 1 fully saturated rings. The van der Waals surface area contributed by atoms with E-state index in [1.165, 1.54) is 0 Å². The van der Waals surface area contributed by atoms with Gasteiger partial charge < -0.3 is 9.47 Å². The Bertz CT molecular complexity index is 439. The summed E-state index contributed by atoms with van der Waals surface area (Å²) in [5.74, 6) is -1.01. The molecule has 1 aliphatic heterocycles. The van der Waals surface area contributed by atoms with Crippen LogP contribution in [0.1, 0.15) is 30.6 Å². The molecule has 1 atom stereocenters. The highest BCUT2D eigenvalue weighted by Gasteiger charge is 2.31. The monoisotopic (exact) mass is 234 g/mol. The van der Waals surface area contributed by atoms with Gasteiger partial charge in [0.1, 0.15) is 0 Å². The molecule has 0 amide bonds. The highest BCUT2D eigenvalue weighted by atomic mass is 16.6. The second-order valence-corrected chi connectivity index (χ2v) is 3.97. The molecule has 1 aromatic carbocycles. The molecule has 0 aromatic heterocycles. The van der Waals surface area contributed by atoms with E-state index in [0.717, 1.165) is 18.4 Å². The van der Waals surface area contributed by atoms with Crippen molar-refractivity contribution in [2.45, 2.75) is 25.9 Å². The highest BCUT2D eigenvalue weighted by molar-refractivity contribution is 5.86. The van der Waals surface area contributed by atoms with Gasteiger partial charge in [-0.1, -0.05) is 37.6 Å². The van der Waals surface area contributed by atoms with Crippen molar-refractivity contribution in [1.29, 1.82) is 0 Å². The molecule has 1 unspecified atom stereocenters. The van der Waals surface area contributed by atoms with Crippen LogP contribution in [0, 0.1) is 0 Å². The van der Waals surface area contributed by atoms with Gasteiger partial charge in [0, 0.05) is 5.56 Å². The quantitative estimate of drug-likeness (QED) is 0.748. The van der Waals surface area contributed by atoms with Crippen molar-refractivity contribution in [1.82, 2.24) is 0 Å². The van der Waals surface area contributed by atoms with Crippen LogP contribution in [-0.4, -0.2) is 18.5 Å². The number of carbonyl (C=O) groups is 2. The fourth-order valence-electron chi connectivity index (χ4n) is 1.82. The van der Waals surface area contributed by atoms with Crippen LogP contribution in [0.25, 0.3) is 0 Å². The zero-order chi connectivity index (χ0) is 12.3. The van der Waals surface area contributed by atoms with Crippen LogP contribution < -0.4 is 0 Å². The molecular formula is C13H14O4. The Labute approximate surface area is 99.5 Å². The number of esters is 2. The van der Waals surface area contributed by atoms with Gasteiger partial charge in [0.05, 0.1) is 0 Å². The van der Waals surface area contributed by atoms with Gasteiger partial charge in [0.2, 0.25) is 6.10 Å². The van der Waals surface area contributed by atoms with Crippen molar-refractivity contribution in [3.05, 3.63) is 35.4 Å². The number of hydrogen-bond acceptors (Lipinski definition) is 4. The number of cyclic esters (lactones) is 2. The molecule has 4 heteroatoms. The van der Waals surface area contributed by atoms with Crippen LogP contribution in [0.15, 0.2) is 24.3 Å². The second-order valence-electron chi connectivity index (χ2n) is 3.97. The molecule has 1 aliphatic rings. The first kappa shape index (κ1) is 11.6. The normalized spacial score (nSPS) is 19.7. The van der Waals surface area contributed by atoms with Gasteiger partial charge in [-0.05, 0) is 12.0 Å². The summed E-state index contributed by atoms with van der Waals surface area (Å²) in [7, 11) is 0. The maximum absolute atomic E-state index is 11.5. The van der Waals surface area contributed by atoms with Crippen LogP contribution in [0.3, 0.4) is 0 Å². The second kappa shape index (κ2) is 4.99. The molecule has 4 nitrogen and oxygen atoms in total. The van der Waals surface area contributed by atoms with Crippen molar-refractivity contribution < 1.29 is 19.1 Å². The third-order valence-corrected chi connectivity index (χ3v) is 2.59. The first-order valence-corrected chi connectivity index (χ1v) is 5.65. The highest BCUT2D eigenvalue weighted by Crippen LogP contribution is 2.23. The van der Waals surface area contributed by atoms with Crippen LogP contribution in [-0.2, 0) is 25.5 Å². The molecule has 0 radical (unpaired) electrons. The molecule has 0 bridgehead atoms. The number of benzene rings is 1. The number of ether oxygens (including phenoxy) is 2. The third kappa shape index (κ3) is 2.64. The van der Waals surface area contributed by atoms with E-state index < -0.39 is 18.0 Å². The summed E-state index contributed by atoms with van der Waals surface area (Å²) in [5, 5.41) is 0. The molecule has 0 spiro atoms. The van der Waals surface area contributed by atoms with E-state index in [9.17, 15) is 9.59 Å². The first-order chi connectivity index (χ1) is 8.20. The van der Waals surface area contributed by atoms with Gasteiger partial charge in [-0.3, -0.25) is 0 Å². The predicted octanol–water partition coefficient (Wildman–Crippen LogP) is 1.78. The summed E-state index contributed by atoms with van der Waals surface area (Å²) >= 11 is 0. The molecule has 1 aromatic rings. The molecular weight excluding hydrogens is 220 g/mol. The van der Waals surface area contributed by atoms with E-state index in [0.29, 0.717) is 5.56 Å². The SMILES string of the molecule is CCCc1cccc(C2OC(=O)COC2=O)c1. The minimum atomic E-state index is -0.909. The Balaban J connectivity index is 2.22. The number of aryl methyl sites for hydroxylation is 1. The van der Waals surface area contributed by atoms with Gasteiger partial charge >= 0.3 is 11.9 Å². The van der Waals surface area contributed by atoms with Crippen molar-refractivity contribution >= 4 is 11.9 Å². The van der Waals surface area contributed by atoms with E-state index in [4.69, 9.17) is 9.47 Å². The van der Waals surface area contributed by atoms with Crippen LogP contribution in [0.5, 0.6) is 0 Å². The lowest BCUT2D eigenvalue weighted by Crippen LogP contribution is -2.31. The fourth-order valence-corrected chi connectivity index (χ4v) is 1.82. The van der Waals surface area contributed by atoms with E-state index in [1.807, 2.05) is 18.2 Å². The number of hydrogen-bond donors (Lipinski definition) is 0. The Morgan fingerprint density at radius 2 is 2.18 bits per heavy atom. The maximum Gasteiger partial charge on any atom is 0.352 e. The Hall–Kier alpha value is -1.84. The molecule has 1 heterocycles. The summed E-state index contributed by atoms with van der Waals surface area (Å²) in [6, 6.07) is 7.50. The van der Waals surface area contributed by atoms with Gasteiger partial charge in [0.15, 0.2) is 6.61 Å². The fraction of sp³-hybridized carbons (Fsp3) is 0.385. The zero-order valence-electron chi connectivity index (χ0n) is 9.64. The predicted molar refractivity (Wildman–Crippen MR) is 60.2 cm³/mol. The first-order valence-electron chi connectivity index (χ1n) is 5.65. The lowest BCUT2D eigenvalue weighted by Gasteiger charge is -2.21. The smallest absolute Gasteiger partial charge is 0.352 e. The average molecular weight is 234 g/mol. The van der Waals surface area contributed by atoms with E-state index >= 15 is 0 Å². The number of rotatable bonds is 3. The van der Waals surface area contributed by atoms with Crippen molar-refractivity contribution in [3.8, 4) is 0 Å². The maximum atomic E-state index is 11.5. The van der Waals surface area contributed by atoms with E-state index in [-0.39, 0.29) is 6.61 Å². The summed E-state index contributed by atoms with van der Waals surface area (Å²) in [6.45, 7) is 1.80. The Morgan fingerprint density at radius 3 is 2.94 bits per heavy atom. The Kier molecular flexibility index (Phi) is 3.42. The zero-order valence-corrected chi connectivity index (χ0v) is 9.64. The van der Waals surface area contributed by atoms with Crippen molar-refractivity contribution in [3.63, 3.8) is 0 Å². The molecule has 0 saturated carbocycles. The number of carbonyl (C=O) groups excluding carboxylic acids is 2. The molecule has 2 rings (SSSR count). The molecule has 1 saturated heterocycles. The van der Waals surface area contributed by atoms with Gasteiger partial charge in [-0.25, -0.2) is 9.59 Å². The molecule has 17 heavy (non-hydrogen) atoms. The lowest BCUT2D eigenvalue weighted by atomic mass is 10.0. The standard InChI is InChI=1S/C13H14O4/c1-2-4-9-5-3-6-10(7-9)12-13(15)16-8-11(14)17-12/h3,5-7,12H,2,4,8H2,1H3. The third-order valence-electron chi connectivity index (χ3n) is 2.59. The van der Waals surface area contributed by atoms with E-state index in [2.05, 4.69) is 6.92 Å². The minimum absolute atomic E-state index is 0.288. The summed E-state index contributed by atoms with van der Waals surface area (Å²) < 4.78 is 9.75. The molecule has 0 aliphatic carbocycles. The average Bonchev–Trinajstić information content (AvgIpc) is 2.33. The molecule has 0 N–H and O–H groups in total. The molecule has 90 valence electrons. The van der Waals surface area contributed by atoms with Gasteiger partial charge in [0.25, 0.3) is 0 Å². The summed E-state index contributed by atoms with van der Waals surface area (Å²) in [5.41, 5.74) is 1.80. The Morgan fingerprint density at radius 1 is 1.35 bits per heavy atom. The van der Waals surface area contributed by atoms with Crippen LogP contribution in [0.4, 0.5) is 0 Å². The largest absolute Gasteiger partial charge is 0.451 e. The van der Waals surface area contributed by atoms with Crippen molar-refractivity contribution in [2.75, 3.05) is 6.61 Å². The lowest BCUT2D eigenvalue weighted by molar-refractivity contribution is -0.185. The van der Waals surface area contributed by atoms with Crippen LogP contribution >= 0.6 is 0 Å². The van der Waals surface area contributed by atoms with Gasteiger partial charge in [-0.2, -0.15) is 0 Å². The van der Waals surface area contributed by atoms with Crippen molar-refractivity contribution in [2.24, 2.45) is 0 Å². The summed E-state index contributed by atoms with van der Waals surface area (Å²) in [4.78, 5) is 22.6. The summed E-state index contributed by atoms with van der Waals surface area (Å²) in [6.07, 6.45) is 1.05. The topological polar surface area (TPSA) is 52.6 Å². The van der Waals surface area contributed by atoms with E-state index in [1.54, 1.807) is 6.07 Å².